The van der Waals surface area contributed by atoms with Gasteiger partial charge in [0.05, 0.1) is 6.61 Å². The number of unbranched alkanes of at least 4 members (excludes halogenated alkanes) is 2. The fraction of sp³-hybridized carbons (Fsp3) is 0.526. The number of likely N-dealkylation sites (N-methyl/N-ethyl adjacent to an activating group) is 1. The molecule has 3 nitrogen and oxygen atoms in total. The van der Waals surface area contributed by atoms with Crippen molar-refractivity contribution in [2.75, 3.05) is 19.7 Å². The van der Waals surface area contributed by atoms with Gasteiger partial charge < -0.3 is 9.72 Å². The van der Waals surface area contributed by atoms with Gasteiger partial charge in [-0.3, -0.25) is 0 Å². The van der Waals surface area contributed by atoms with Crippen LogP contribution >= 0.6 is 0 Å². The lowest BCUT2D eigenvalue weighted by molar-refractivity contribution is -0.525. The molecule has 2 aromatic rings. The van der Waals surface area contributed by atoms with E-state index in [4.69, 9.17) is 4.74 Å². The number of ether oxygens (including phenoxy) is 1. The molecule has 0 bridgehead atoms. The predicted molar refractivity (Wildman–Crippen MR) is 92.5 cm³/mol. The van der Waals surface area contributed by atoms with Crippen molar-refractivity contribution >= 4 is 16.6 Å². The number of H-pyrrole nitrogens is 1. The highest BCUT2D eigenvalue weighted by molar-refractivity contribution is 6.02. The topological polar surface area (TPSA) is 28.0 Å². The molecule has 0 unspecified atom stereocenters. The minimum absolute atomic E-state index is 0.814. The molecular formula is C19H27N2O+. The van der Waals surface area contributed by atoms with Crippen LogP contribution in [0.1, 0.15) is 51.3 Å². The predicted octanol–water partition coefficient (Wildman–Crippen LogP) is 4.13. The second-order valence-corrected chi connectivity index (χ2v) is 6.16. The van der Waals surface area contributed by atoms with Crippen LogP contribution in [-0.4, -0.2) is 35.0 Å². The molecule has 0 amide bonds. The fourth-order valence-corrected chi connectivity index (χ4v) is 3.40. The van der Waals surface area contributed by atoms with E-state index in [0.29, 0.717) is 0 Å². The Morgan fingerprint density at radius 2 is 2.09 bits per heavy atom. The molecule has 1 aromatic carbocycles. The van der Waals surface area contributed by atoms with Crippen LogP contribution in [0.4, 0.5) is 0 Å². The van der Waals surface area contributed by atoms with Crippen LogP contribution in [0.25, 0.3) is 10.9 Å². The van der Waals surface area contributed by atoms with E-state index in [2.05, 4.69) is 48.5 Å². The molecule has 1 aliphatic rings. The third-order valence-electron chi connectivity index (χ3n) is 4.74. The Morgan fingerprint density at radius 1 is 1.23 bits per heavy atom. The van der Waals surface area contributed by atoms with E-state index in [0.717, 1.165) is 38.3 Å². The molecule has 3 heteroatoms. The molecule has 0 aliphatic carbocycles. The maximum atomic E-state index is 5.88. The average Bonchev–Trinajstić information content (AvgIpc) is 2.91. The number of hydrogen-bond acceptors (Lipinski definition) is 1. The average molecular weight is 299 g/mol. The van der Waals surface area contributed by atoms with Crippen molar-refractivity contribution in [1.82, 2.24) is 4.98 Å². The van der Waals surface area contributed by atoms with Gasteiger partial charge in [0.25, 0.3) is 0 Å². The Bertz CT molecular complexity index is 697. The number of aromatic amines is 1. The molecule has 1 aromatic heterocycles. The van der Waals surface area contributed by atoms with E-state index in [1.807, 2.05) is 0 Å². The van der Waals surface area contributed by atoms with Gasteiger partial charge >= 0.3 is 0 Å². The first-order chi connectivity index (χ1) is 10.7. The highest BCUT2D eigenvalue weighted by Gasteiger charge is 2.25. The summed E-state index contributed by atoms with van der Waals surface area (Å²) in [6, 6.07) is 6.49. The fourth-order valence-electron chi connectivity index (χ4n) is 3.40. The summed E-state index contributed by atoms with van der Waals surface area (Å²) in [7, 11) is 0. The van der Waals surface area contributed by atoms with Crippen molar-refractivity contribution in [2.45, 2.75) is 46.5 Å². The number of nitrogens with zero attached hydrogens (tertiary/aromatic N) is 1. The molecule has 0 saturated heterocycles. The summed E-state index contributed by atoms with van der Waals surface area (Å²) in [6.45, 7) is 9.67. The largest absolute Gasteiger partial charge is 0.494 e. The van der Waals surface area contributed by atoms with Gasteiger partial charge in [-0.2, -0.15) is 0 Å². The quantitative estimate of drug-likeness (QED) is 0.630. The number of benzene rings is 1. The summed E-state index contributed by atoms with van der Waals surface area (Å²) < 4.78 is 8.32. The SMILES string of the molecule is CCCCCOc1ccc2c3c([nH]c2c1)C(C)=[N+](CC)CC3. The van der Waals surface area contributed by atoms with Gasteiger partial charge in [-0.05, 0) is 31.0 Å². The molecule has 0 fully saturated rings. The Labute approximate surface area is 133 Å². The maximum absolute atomic E-state index is 5.88. The van der Waals surface area contributed by atoms with Crippen LogP contribution in [0.3, 0.4) is 0 Å². The lowest BCUT2D eigenvalue weighted by atomic mass is 10.0. The van der Waals surface area contributed by atoms with E-state index in [1.54, 1.807) is 0 Å². The molecular weight excluding hydrogens is 272 g/mol. The van der Waals surface area contributed by atoms with Crippen molar-refractivity contribution < 1.29 is 9.31 Å². The molecule has 0 spiro atoms. The van der Waals surface area contributed by atoms with Gasteiger partial charge in [-0.15, -0.1) is 0 Å². The highest BCUT2D eigenvalue weighted by Crippen LogP contribution is 2.29. The Balaban J connectivity index is 1.87. The maximum Gasteiger partial charge on any atom is 0.196 e. The second-order valence-electron chi connectivity index (χ2n) is 6.16. The van der Waals surface area contributed by atoms with Crippen LogP contribution in [0, 0.1) is 0 Å². The van der Waals surface area contributed by atoms with E-state index < -0.39 is 0 Å². The lowest BCUT2D eigenvalue weighted by Gasteiger charge is -2.12. The molecule has 3 rings (SSSR count). The van der Waals surface area contributed by atoms with E-state index >= 15 is 0 Å². The molecule has 118 valence electrons. The van der Waals surface area contributed by atoms with E-state index in [1.165, 1.54) is 40.7 Å². The van der Waals surface area contributed by atoms with Crippen LogP contribution in [-0.2, 0) is 6.42 Å². The normalized spacial score (nSPS) is 14.5. The molecule has 0 radical (unpaired) electrons. The molecule has 1 N–H and O–H groups in total. The number of rotatable bonds is 6. The van der Waals surface area contributed by atoms with Crippen molar-refractivity contribution in [3.05, 3.63) is 29.5 Å². The van der Waals surface area contributed by atoms with Gasteiger partial charge in [-0.1, -0.05) is 19.8 Å². The van der Waals surface area contributed by atoms with Gasteiger partial charge in [0.1, 0.15) is 24.5 Å². The van der Waals surface area contributed by atoms with Crippen LogP contribution in [0.2, 0.25) is 0 Å². The van der Waals surface area contributed by atoms with Crippen LogP contribution in [0.5, 0.6) is 5.75 Å². The Kier molecular flexibility index (Phi) is 4.51. The zero-order valence-electron chi connectivity index (χ0n) is 14.0. The van der Waals surface area contributed by atoms with Crippen molar-refractivity contribution in [3.63, 3.8) is 0 Å². The van der Waals surface area contributed by atoms with Gasteiger partial charge in [0, 0.05) is 30.3 Å². The third-order valence-corrected chi connectivity index (χ3v) is 4.74. The van der Waals surface area contributed by atoms with Crippen molar-refractivity contribution in [1.29, 1.82) is 0 Å². The summed E-state index contributed by atoms with van der Waals surface area (Å²) in [4.78, 5) is 3.61. The summed E-state index contributed by atoms with van der Waals surface area (Å²) in [5.74, 6) is 0.979. The van der Waals surface area contributed by atoms with Gasteiger partial charge in [-0.25, -0.2) is 4.58 Å². The highest BCUT2D eigenvalue weighted by atomic mass is 16.5. The first-order valence-corrected chi connectivity index (χ1v) is 8.60. The summed E-state index contributed by atoms with van der Waals surface area (Å²) >= 11 is 0. The zero-order chi connectivity index (χ0) is 15.5. The van der Waals surface area contributed by atoms with E-state index in [9.17, 15) is 0 Å². The molecule has 22 heavy (non-hydrogen) atoms. The van der Waals surface area contributed by atoms with Gasteiger partial charge in [0.2, 0.25) is 0 Å². The third kappa shape index (κ3) is 2.77. The number of hydrogen-bond donors (Lipinski definition) is 1. The van der Waals surface area contributed by atoms with Crippen molar-refractivity contribution in [2.24, 2.45) is 0 Å². The number of nitrogens with one attached hydrogen (secondary N) is 1. The Morgan fingerprint density at radius 3 is 2.86 bits per heavy atom. The van der Waals surface area contributed by atoms with Crippen molar-refractivity contribution in [3.8, 4) is 5.75 Å². The molecule has 0 saturated carbocycles. The van der Waals surface area contributed by atoms with Crippen LogP contribution in [0.15, 0.2) is 18.2 Å². The zero-order valence-corrected chi connectivity index (χ0v) is 14.0. The lowest BCUT2D eigenvalue weighted by Crippen LogP contribution is -2.27. The van der Waals surface area contributed by atoms with Crippen LogP contribution < -0.4 is 4.74 Å². The number of fused-ring (bicyclic) bond motifs is 3. The smallest absolute Gasteiger partial charge is 0.196 e. The minimum atomic E-state index is 0.814. The Hall–Kier alpha value is -1.77. The van der Waals surface area contributed by atoms with Gasteiger partial charge in [0.15, 0.2) is 5.71 Å². The number of aromatic nitrogens is 1. The summed E-state index contributed by atoms with van der Waals surface area (Å²) in [5, 5.41) is 1.35. The second kappa shape index (κ2) is 6.55. The monoisotopic (exact) mass is 299 g/mol. The first-order valence-electron chi connectivity index (χ1n) is 8.60. The standard InChI is InChI=1S/C19H26N2O/c1-4-6-7-12-22-15-8-9-16-17-10-11-21(5-2)14(3)19(17)20-18(16)13-15/h8-9,13H,4-7,10-12H2,1-3H3/p+1. The summed E-state index contributed by atoms with van der Waals surface area (Å²) in [6.07, 6.45) is 4.72. The molecule has 1 aliphatic heterocycles. The molecule has 2 heterocycles. The summed E-state index contributed by atoms with van der Waals surface area (Å²) in [5.41, 5.74) is 5.35. The first kappa shape index (κ1) is 15.1. The molecule has 0 atom stereocenters. The minimum Gasteiger partial charge on any atom is -0.494 e. The van der Waals surface area contributed by atoms with E-state index in [-0.39, 0.29) is 0 Å².